The Morgan fingerprint density at radius 2 is 2.36 bits per heavy atom. The van der Waals surface area contributed by atoms with Crippen molar-refractivity contribution in [2.75, 3.05) is 5.32 Å². The Kier molecular flexibility index (Phi) is 4.86. The number of thiazole rings is 1. The molecule has 2 heterocycles. The first-order valence-corrected chi connectivity index (χ1v) is 8.53. The van der Waals surface area contributed by atoms with Crippen molar-refractivity contribution in [3.63, 3.8) is 0 Å². The van der Waals surface area contributed by atoms with Gasteiger partial charge in [-0.3, -0.25) is 19.8 Å². The number of nitrogens with one attached hydrogen (secondary N) is 2. The molecular weight excluding hydrogens is 361 g/mol. The molecule has 0 radical (unpaired) electrons. The van der Waals surface area contributed by atoms with Crippen molar-refractivity contribution in [3.05, 3.63) is 58.8 Å². The third-order valence-electron chi connectivity index (χ3n) is 3.38. The maximum absolute atomic E-state index is 13.2. The maximum atomic E-state index is 13.2. The second-order valence-corrected chi connectivity index (χ2v) is 6.54. The molecule has 2 N–H and O–H groups in total. The van der Waals surface area contributed by atoms with Gasteiger partial charge in [0, 0.05) is 12.1 Å². The fourth-order valence-corrected chi connectivity index (χ4v) is 3.41. The van der Waals surface area contributed by atoms with Gasteiger partial charge in [-0.2, -0.15) is 5.10 Å². The zero-order chi connectivity index (χ0) is 18.0. The van der Waals surface area contributed by atoms with Crippen LogP contribution < -0.4 is 5.32 Å². The largest absolute Gasteiger partial charge is 0.298 e. The fraction of sp³-hybridized carbons (Fsp3) is 0.125. The summed E-state index contributed by atoms with van der Waals surface area (Å²) in [6.07, 6.45) is 1.72. The van der Waals surface area contributed by atoms with Gasteiger partial charge >= 0.3 is 0 Å². The smallest absolute Gasteiger partial charge is 0.257 e. The van der Waals surface area contributed by atoms with Gasteiger partial charge in [0.2, 0.25) is 0 Å². The SMILES string of the molecule is C=CCn1c(-c2sc(NC(=O)c3cccc(F)c3)nc2C)n[nH]c1=S. The molecule has 0 saturated carbocycles. The van der Waals surface area contributed by atoms with Crippen LogP contribution in [0.15, 0.2) is 36.9 Å². The summed E-state index contributed by atoms with van der Waals surface area (Å²) in [6, 6.07) is 5.47. The highest BCUT2D eigenvalue weighted by Gasteiger charge is 2.17. The molecule has 0 aliphatic heterocycles. The van der Waals surface area contributed by atoms with Crippen molar-refractivity contribution in [1.82, 2.24) is 19.7 Å². The minimum Gasteiger partial charge on any atom is -0.298 e. The topological polar surface area (TPSA) is 75.6 Å². The average Bonchev–Trinajstić information content (AvgIpc) is 3.11. The third-order valence-corrected chi connectivity index (χ3v) is 4.76. The van der Waals surface area contributed by atoms with E-state index in [1.54, 1.807) is 10.6 Å². The lowest BCUT2D eigenvalue weighted by Gasteiger charge is -2.02. The molecule has 0 spiro atoms. The fourth-order valence-electron chi connectivity index (χ4n) is 2.25. The number of aromatic amines is 1. The van der Waals surface area contributed by atoms with Crippen LogP contribution in [0.3, 0.4) is 0 Å². The van der Waals surface area contributed by atoms with Crippen LogP contribution in [0.25, 0.3) is 10.7 Å². The van der Waals surface area contributed by atoms with Crippen LogP contribution in [0, 0.1) is 17.5 Å². The Labute approximate surface area is 152 Å². The van der Waals surface area contributed by atoms with E-state index in [4.69, 9.17) is 12.2 Å². The first-order chi connectivity index (χ1) is 12.0. The van der Waals surface area contributed by atoms with Gasteiger partial charge in [0.05, 0.1) is 10.6 Å². The van der Waals surface area contributed by atoms with Crippen molar-refractivity contribution >= 4 is 34.6 Å². The molecule has 128 valence electrons. The van der Waals surface area contributed by atoms with Gasteiger partial charge < -0.3 is 0 Å². The lowest BCUT2D eigenvalue weighted by molar-refractivity contribution is 0.102. The zero-order valence-electron chi connectivity index (χ0n) is 13.2. The number of aryl methyl sites for hydroxylation is 1. The van der Waals surface area contributed by atoms with Crippen molar-refractivity contribution in [1.29, 1.82) is 0 Å². The molecule has 1 aromatic carbocycles. The molecule has 2 aromatic heterocycles. The van der Waals surface area contributed by atoms with E-state index in [0.717, 1.165) is 4.88 Å². The summed E-state index contributed by atoms with van der Waals surface area (Å²) in [5.41, 5.74) is 0.933. The Bertz CT molecular complexity index is 1000. The van der Waals surface area contributed by atoms with Crippen LogP contribution in [0.5, 0.6) is 0 Å². The number of rotatable bonds is 5. The quantitative estimate of drug-likeness (QED) is 0.523. The summed E-state index contributed by atoms with van der Waals surface area (Å²) in [7, 11) is 0. The van der Waals surface area contributed by atoms with E-state index in [1.165, 1.54) is 35.6 Å². The molecule has 3 rings (SSSR count). The molecule has 9 heteroatoms. The number of hydrogen-bond donors (Lipinski definition) is 2. The predicted molar refractivity (Wildman–Crippen MR) is 97.8 cm³/mol. The Morgan fingerprint density at radius 3 is 3.08 bits per heavy atom. The molecule has 0 aliphatic rings. The summed E-state index contributed by atoms with van der Waals surface area (Å²) >= 11 is 6.48. The Balaban J connectivity index is 1.89. The molecule has 0 saturated heterocycles. The highest BCUT2D eigenvalue weighted by atomic mass is 32.1. The van der Waals surface area contributed by atoms with Gasteiger partial charge in [-0.15, -0.1) is 6.58 Å². The summed E-state index contributed by atoms with van der Waals surface area (Å²) < 4.78 is 15.5. The molecule has 0 bridgehead atoms. The molecule has 0 aliphatic carbocycles. The van der Waals surface area contributed by atoms with E-state index in [1.807, 2.05) is 6.92 Å². The first kappa shape index (κ1) is 17.2. The summed E-state index contributed by atoms with van der Waals surface area (Å²) in [6.45, 7) is 6.04. The van der Waals surface area contributed by atoms with E-state index in [-0.39, 0.29) is 5.56 Å². The summed E-state index contributed by atoms with van der Waals surface area (Å²) in [5.74, 6) is -0.264. The van der Waals surface area contributed by atoms with Gasteiger partial charge in [-0.25, -0.2) is 9.37 Å². The second-order valence-electron chi connectivity index (χ2n) is 5.15. The van der Waals surface area contributed by atoms with Crippen LogP contribution >= 0.6 is 23.6 Å². The normalized spacial score (nSPS) is 10.6. The van der Waals surface area contributed by atoms with Crippen LogP contribution in [-0.2, 0) is 6.54 Å². The van der Waals surface area contributed by atoms with Crippen LogP contribution in [-0.4, -0.2) is 25.7 Å². The lowest BCUT2D eigenvalue weighted by Crippen LogP contribution is -2.11. The Hall–Kier alpha value is -2.65. The highest BCUT2D eigenvalue weighted by molar-refractivity contribution is 7.71. The van der Waals surface area contributed by atoms with Crippen LogP contribution in [0.2, 0.25) is 0 Å². The number of carbonyl (C=O) groups is 1. The summed E-state index contributed by atoms with van der Waals surface area (Å²) in [4.78, 5) is 17.4. The number of allylic oxidation sites excluding steroid dienone is 1. The number of H-pyrrole nitrogens is 1. The number of benzene rings is 1. The number of aromatic nitrogens is 4. The minimum atomic E-state index is -0.469. The monoisotopic (exact) mass is 375 g/mol. The third kappa shape index (κ3) is 3.57. The van der Waals surface area contributed by atoms with Gasteiger partial charge in [-0.1, -0.05) is 23.5 Å². The predicted octanol–water partition coefficient (Wildman–Crippen LogP) is 3.95. The van der Waals surface area contributed by atoms with Crippen molar-refractivity contribution in [2.24, 2.45) is 0 Å². The van der Waals surface area contributed by atoms with E-state index in [9.17, 15) is 9.18 Å². The van der Waals surface area contributed by atoms with Crippen LogP contribution in [0.1, 0.15) is 16.1 Å². The van der Waals surface area contributed by atoms with Crippen LogP contribution in [0.4, 0.5) is 9.52 Å². The summed E-state index contributed by atoms with van der Waals surface area (Å²) in [5, 5.41) is 10.1. The molecule has 6 nitrogen and oxygen atoms in total. The van der Waals surface area contributed by atoms with E-state index in [0.29, 0.717) is 28.0 Å². The first-order valence-electron chi connectivity index (χ1n) is 7.30. The van der Waals surface area contributed by atoms with Gasteiger partial charge in [0.25, 0.3) is 5.91 Å². The molecule has 0 atom stereocenters. The maximum Gasteiger partial charge on any atom is 0.257 e. The number of anilines is 1. The van der Waals surface area contributed by atoms with Crippen molar-refractivity contribution in [2.45, 2.75) is 13.5 Å². The molecule has 0 unspecified atom stereocenters. The van der Waals surface area contributed by atoms with E-state index in [2.05, 4.69) is 27.1 Å². The molecular formula is C16H14FN5OS2. The van der Waals surface area contributed by atoms with Gasteiger partial charge in [-0.05, 0) is 37.3 Å². The average molecular weight is 375 g/mol. The van der Waals surface area contributed by atoms with Gasteiger partial charge in [0.15, 0.2) is 15.7 Å². The lowest BCUT2D eigenvalue weighted by atomic mass is 10.2. The molecule has 1 amide bonds. The number of carbonyl (C=O) groups excluding carboxylic acids is 1. The standard InChI is InChI=1S/C16H14FN5OS2/c1-3-7-22-13(20-21-16(22)24)12-9(2)18-15(25-12)19-14(23)10-5-4-6-11(17)8-10/h3-6,8H,1,7H2,2H3,(H,21,24)(H,18,19,23). The van der Waals surface area contributed by atoms with E-state index >= 15 is 0 Å². The number of nitrogens with zero attached hydrogens (tertiary/aromatic N) is 3. The van der Waals surface area contributed by atoms with Gasteiger partial charge in [0.1, 0.15) is 5.82 Å². The molecule has 0 fully saturated rings. The molecule has 25 heavy (non-hydrogen) atoms. The van der Waals surface area contributed by atoms with Crippen molar-refractivity contribution in [3.8, 4) is 10.7 Å². The highest BCUT2D eigenvalue weighted by Crippen LogP contribution is 2.31. The number of hydrogen-bond acceptors (Lipinski definition) is 5. The number of amides is 1. The number of halogens is 1. The van der Waals surface area contributed by atoms with E-state index < -0.39 is 11.7 Å². The molecule has 3 aromatic rings. The zero-order valence-corrected chi connectivity index (χ0v) is 14.9. The second kappa shape index (κ2) is 7.08. The Morgan fingerprint density at radius 1 is 1.56 bits per heavy atom. The minimum absolute atomic E-state index is 0.226. The van der Waals surface area contributed by atoms with Crippen molar-refractivity contribution < 1.29 is 9.18 Å².